The third-order valence-electron chi connectivity index (χ3n) is 11.7. The van der Waals surface area contributed by atoms with Gasteiger partial charge in [0, 0.05) is 42.4 Å². The maximum Gasteiger partial charge on any atom is 0.164 e. The van der Waals surface area contributed by atoms with Crippen molar-refractivity contribution in [2.24, 2.45) is 0 Å². The highest BCUT2D eigenvalue weighted by Gasteiger charge is 2.56. The summed E-state index contributed by atoms with van der Waals surface area (Å²) in [6.45, 7) is 4.57. The van der Waals surface area contributed by atoms with E-state index in [4.69, 9.17) is 22.8 Å². The summed E-state index contributed by atoms with van der Waals surface area (Å²) in [5.41, 5.74) is 7.17. The van der Waals surface area contributed by atoms with Crippen molar-refractivity contribution < 1.29 is 31.4 Å². The van der Waals surface area contributed by atoms with Crippen molar-refractivity contribution in [2.45, 2.75) is 166 Å². The summed E-state index contributed by atoms with van der Waals surface area (Å²) in [7, 11) is 0. The molecule has 2 nitrogen and oxygen atoms in total. The Bertz CT molecular complexity index is 2810. The predicted octanol–water partition coefficient (Wildman–Crippen LogP) is 18.5. The number of hydrogen-bond acceptors (Lipinski definition) is 5. The summed E-state index contributed by atoms with van der Waals surface area (Å²) in [5.74, 6) is 60.9. The minimum atomic E-state index is -1.08. The fourth-order valence-electron chi connectivity index (χ4n) is 8.70. The van der Waals surface area contributed by atoms with E-state index in [2.05, 4.69) is 150 Å². The molecule has 3 aromatic heterocycles. The van der Waals surface area contributed by atoms with Crippen molar-refractivity contribution in [3.05, 3.63) is 33.5 Å². The molecule has 0 saturated carbocycles. The second-order valence-corrected chi connectivity index (χ2v) is 18.8. The first-order valence-electron chi connectivity index (χ1n) is 23.2. The van der Waals surface area contributed by atoms with Crippen molar-refractivity contribution in [1.82, 2.24) is 9.97 Å². The van der Waals surface area contributed by atoms with Crippen molar-refractivity contribution in [3.63, 3.8) is 0 Å². The van der Waals surface area contributed by atoms with Crippen LogP contribution in [-0.2, 0) is 10.8 Å². The highest BCUT2D eigenvalue weighted by molar-refractivity contribution is 7.26. The predicted molar refractivity (Wildman–Crippen MR) is 323 cm³/mol. The second kappa shape index (κ2) is 28.5. The Morgan fingerprint density at radius 3 is 1.17 bits per heavy atom. The molecule has 0 radical (unpaired) electrons. The molecule has 2 aliphatic carbocycles. The number of thiophene rings is 1. The van der Waals surface area contributed by atoms with E-state index < -0.39 is 5.41 Å². The van der Waals surface area contributed by atoms with Crippen LogP contribution in [0.25, 0.3) is 19.5 Å². The van der Waals surface area contributed by atoms with Crippen LogP contribution in [0.15, 0.2) is 11.0 Å². The van der Waals surface area contributed by atoms with E-state index in [0.29, 0.717) is 0 Å². The first kappa shape index (κ1) is 49.7. The van der Waals surface area contributed by atoms with Crippen molar-refractivity contribution in [3.8, 4) is 163 Å². The molecule has 2 aliphatic rings. The smallest absolute Gasteiger partial charge is 0.164 e. The lowest BCUT2D eigenvalue weighted by molar-refractivity contribution is 0.387. The third-order valence-corrected chi connectivity index (χ3v) is 14.8. The number of thiazole rings is 2. The molecule has 0 aromatic carbocycles. The van der Waals surface area contributed by atoms with Crippen LogP contribution < -0.4 is 0 Å². The third kappa shape index (κ3) is 13.8. The van der Waals surface area contributed by atoms with Crippen LogP contribution in [0.5, 0.6) is 0 Å². The van der Waals surface area contributed by atoms with Crippen LogP contribution in [0, 0.1) is 143 Å². The summed E-state index contributed by atoms with van der Waals surface area (Å²) >= 11 is 5.26. The molecular weight excluding hydrogens is 845 g/mol. The molecule has 0 N–H and O–H groups in total. The Balaban J connectivity index is -0.000000135. The van der Waals surface area contributed by atoms with Gasteiger partial charge < -0.3 is 0 Å². The normalized spacial score (nSPS) is 11.6. The van der Waals surface area contributed by atoms with Gasteiger partial charge in [-0.05, 0) is 137 Å². The largest absolute Gasteiger partial charge is 0.248 e. The van der Waals surface area contributed by atoms with E-state index >= 15 is 0 Å². The molecule has 0 fully saturated rings. The summed E-state index contributed by atoms with van der Waals surface area (Å²) in [5, 5.41) is 0. The highest BCUT2D eigenvalue weighted by atomic mass is 32.1. The zero-order chi connectivity index (χ0) is 45.7. The number of nitrogens with zero attached hydrogens (tertiary/aromatic N) is 2. The zero-order valence-electron chi connectivity index (χ0n) is 38.0. The van der Waals surface area contributed by atoms with Gasteiger partial charge >= 0.3 is 0 Å². The standard InChI is InChI=1S/C60H54N2S3.22H2/c1-5-9-13-17-21-25-29-33-37-41-45-59(46-42-38-34-30-26-22-18-14-10-6-2)51-52-54(65-53(51)55-57(59)61-49-63-55)56-58(62-50-64-56)60(52,47-43-39-35-31-27-23-19-15-11-7-3)48-44-40-36-32-28-24-20-16-12-8-4;;;;;;;;;;;;;;;;;;;;;;/h1-2,49-50H,7-8,11-12,15-16,19-20,23-24,27-28,31-32,35-36,39-40,43-44,47-48H2,3-4H3;22*1H. The molecule has 0 atom stereocenters. The average molecular weight is 944 g/mol. The molecule has 3 heterocycles. The van der Waals surface area contributed by atoms with Crippen LogP contribution in [-0.4, -0.2) is 9.97 Å². The monoisotopic (exact) mass is 943 g/mol. The minimum Gasteiger partial charge on any atom is -0.248 e. The van der Waals surface area contributed by atoms with E-state index in [-0.39, 0.29) is 36.8 Å². The van der Waals surface area contributed by atoms with E-state index in [1.807, 2.05) is 16.8 Å². The Morgan fingerprint density at radius 2 is 0.754 bits per heavy atom. The molecule has 366 valence electrons. The Hall–Kier alpha value is -6.32. The molecule has 5 rings (SSSR count). The van der Waals surface area contributed by atoms with Crippen molar-refractivity contribution in [1.29, 1.82) is 0 Å². The molecule has 65 heavy (non-hydrogen) atoms. The number of terminal acetylenes is 2. The lowest BCUT2D eigenvalue weighted by Gasteiger charge is -2.33. The molecule has 0 unspecified atom stereocenters. The summed E-state index contributed by atoms with van der Waals surface area (Å²) in [6.07, 6.45) is 38.3. The molecule has 3 aromatic rings. The van der Waals surface area contributed by atoms with Crippen LogP contribution in [0.4, 0.5) is 0 Å². The molecule has 0 aliphatic heterocycles. The quantitative estimate of drug-likeness (QED) is 0.0741. The Labute approximate surface area is 436 Å². The lowest BCUT2D eigenvalue weighted by Crippen LogP contribution is -2.31. The molecule has 0 spiro atoms. The molecule has 5 heteroatoms. The lowest BCUT2D eigenvalue weighted by atomic mass is 9.68. The topological polar surface area (TPSA) is 25.8 Å². The number of hydrogen-bond donors (Lipinski definition) is 0. The first-order chi connectivity index (χ1) is 32.2. The van der Waals surface area contributed by atoms with Gasteiger partial charge in [-0.25, -0.2) is 9.97 Å². The van der Waals surface area contributed by atoms with Crippen molar-refractivity contribution in [2.75, 3.05) is 0 Å². The van der Waals surface area contributed by atoms with Gasteiger partial charge in [-0.1, -0.05) is 154 Å². The molecular formula is C60H98N2S3. The van der Waals surface area contributed by atoms with Crippen LogP contribution in [0.2, 0.25) is 0 Å². The molecule has 0 amide bonds. The number of rotatable bonds is 22. The van der Waals surface area contributed by atoms with Gasteiger partial charge in [0.25, 0.3) is 0 Å². The Kier molecular flexibility index (Phi) is 21.8. The van der Waals surface area contributed by atoms with Gasteiger partial charge in [0.15, 0.2) is 5.41 Å². The van der Waals surface area contributed by atoms with Crippen LogP contribution in [0.3, 0.4) is 0 Å². The SMILES string of the molecule is C#CC#CC#CC#CC#CC#CC1(C#CC#CC#CC#CC#CC#C)c2ncsc2-c2sc3c(c21)C(CCCCCCCCCCCC)(CCCCCCCCCCCC)c1ncsc1-3.[HH].[HH].[HH].[HH].[HH].[HH].[HH].[HH].[HH].[HH].[HH].[HH].[HH].[HH].[HH].[HH].[HH].[HH].[HH].[HH].[HH].[HH]. The second-order valence-electron chi connectivity index (χ2n) is 16.1. The van der Waals surface area contributed by atoms with Gasteiger partial charge in [0.2, 0.25) is 0 Å². The fraction of sp³-hybridized carbons (Fsp3) is 0.433. The first-order valence-corrected chi connectivity index (χ1v) is 25.8. The van der Waals surface area contributed by atoms with Gasteiger partial charge in [-0.15, -0.1) is 46.9 Å². The average Bonchev–Trinajstić information content (AvgIpc) is 4.15. The summed E-state index contributed by atoms with van der Waals surface area (Å²) in [4.78, 5) is 15.1. The number of fused-ring (bicyclic) bond motifs is 7. The number of aromatic nitrogens is 2. The number of unbranched alkanes of at least 4 members (excludes halogenated alkanes) is 18. The van der Waals surface area contributed by atoms with E-state index in [9.17, 15) is 0 Å². The van der Waals surface area contributed by atoms with Gasteiger partial charge in [0.05, 0.1) is 41.9 Å². The highest BCUT2D eigenvalue weighted by Crippen LogP contribution is 2.66. The van der Waals surface area contributed by atoms with Gasteiger partial charge in [0.1, 0.15) is 0 Å². The van der Waals surface area contributed by atoms with Gasteiger partial charge in [-0.3, -0.25) is 0 Å². The maximum absolute atomic E-state index is 5.24. The van der Waals surface area contributed by atoms with Crippen LogP contribution >= 0.6 is 34.0 Å². The van der Waals surface area contributed by atoms with Gasteiger partial charge in [-0.2, -0.15) is 0 Å². The molecule has 0 bridgehead atoms. The van der Waals surface area contributed by atoms with E-state index in [1.54, 1.807) is 22.7 Å². The van der Waals surface area contributed by atoms with E-state index in [1.165, 1.54) is 141 Å². The molecule has 0 saturated heterocycles. The summed E-state index contributed by atoms with van der Waals surface area (Å²) < 4.78 is 0. The van der Waals surface area contributed by atoms with Crippen molar-refractivity contribution >= 4 is 34.0 Å². The van der Waals surface area contributed by atoms with Crippen LogP contribution in [0.1, 0.15) is 209 Å². The van der Waals surface area contributed by atoms with E-state index in [0.717, 1.165) is 41.8 Å². The zero-order valence-corrected chi connectivity index (χ0v) is 40.4. The minimum absolute atomic E-state index is 0. The Morgan fingerprint density at radius 1 is 0.415 bits per heavy atom. The maximum atomic E-state index is 5.24. The fourth-order valence-corrected chi connectivity index (χ4v) is 12.2. The summed E-state index contributed by atoms with van der Waals surface area (Å²) in [6, 6.07) is 0.